The molecule has 0 spiro atoms. The van der Waals surface area contributed by atoms with Crippen molar-refractivity contribution in [3.05, 3.63) is 46.4 Å². The molecule has 30 heavy (non-hydrogen) atoms. The van der Waals surface area contributed by atoms with Gasteiger partial charge < -0.3 is 14.5 Å². The Kier molecular flexibility index (Phi) is 8.82. The van der Waals surface area contributed by atoms with Crippen LogP contribution in [0.15, 0.2) is 18.5 Å². The molecule has 6 heteroatoms. The average Bonchev–Trinajstić information content (AvgIpc) is 3.08. The first-order valence-corrected chi connectivity index (χ1v) is 10.6. The molecule has 0 aromatic carbocycles. The van der Waals surface area contributed by atoms with Crippen LogP contribution in [-0.4, -0.2) is 28.2 Å². The monoisotopic (exact) mass is 408 g/mol. The van der Waals surface area contributed by atoms with Gasteiger partial charge in [0.2, 0.25) is 5.88 Å². The lowest BCUT2D eigenvalue weighted by Gasteiger charge is -2.11. The Hall–Kier alpha value is -2.91. The van der Waals surface area contributed by atoms with Gasteiger partial charge in [-0.1, -0.05) is 20.8 Å². The van der Waals surface area contributed by atoms with Crippen molar-refractivity contribution in [1.29, 1.82) is 5.26 Å². The first-order valence-electron chi connectivity index (χ1n) is 10.6. The van der Waals surface area contributed by atoms with E-state index >= 15 is 0 Å². The fraction of sp³-hybridized carbons (Fsp3) is 0.458. The Balaban J connectivity index is 0.000000396. The minimum atomic E-state index is 0.460. The second-order valence-corrected chi connectivity index (χ2v) is 7.21. The van der Waals surface area contributed by atoms with Gasteiger partial charge in [0.15, 0.2) is 0 Å². The molecule has 0 amide bonds. The second-order valence-electron chi connectivity index (χ2n) is 7.21. The van der Waals surface area contributed by atoms with Gasteiger partial charge in [0.05, 0.1) is 11.8 Å². The van der Waals surface area contributed by atoms with Gasteiger partial charge in [0.25, 0.3) is 0 Å². The van der Waals surface area contributed by atoms with Crippen LogP contribution in [0, 0.1) is 32.1 Å². The van der Waals surface area contributed by atoms with E-state index in [0.717, 1.165) is 54.6 Å². The number of fused-ring (bicyclic) bond motifs is 1. The highest BCUT2D eigenvalue weighted by atomic mass is 16.5. The molecule has 3 aromatic rings. The van der Waals surface area contributed by atoms with Crippen LogP contribution in [-0.2, 0) is 11.2 Å². The summed E-state index contributed by atoms with van der Waals surface area (Å²) in [7, 11) is 0. The van der Waals surface area contributed by atoms with Crippen LogP contribution >= 0.6 is 0 Å². The summed E-state index contributed by atoms with van der Waals surface area (Å²) in [4.78, 5) is 12.0. The van der Waals surface area contributed by atoms with E-state index in [4.69, 9.17) is 14.7 Å². The summed E-state index contributed by atoms with van der Waals surface area (Å²) in [5.74, 6) is 1.05. The fourth-order valence-electron chi connectivity index (χ4n) is 3.19. The topological polar surface area (TPSA) is 83.8 Å². The van der Waals surface area contributed by atoms with Crippen molar-refractivity contribution in [3.63, 3.8) is 0 Å². The largest absolute Gasteiger partial charge is 0.437 e. The highest BCUT2D eigenvalue weighted by Crippen LogP contribution is 2.32. The molecule has 0 atom stereocenters. The number of aromatic amines is 1. The van der Waals surface area contributed by atoms with E-state index in [-0.39, 0.29) is 0 Å². The minimum absolute atomic E-state index is 0.460. The normalized spacial score (nSPS) is 10.4. The number of nitrogens with zero attached hydrogens (tertiary/aromatic N) is 3. The van der Waals surface area contributed by atoms with E-state index < -0.39 is 0 Å². The molecule has 0 unspecified atom stereocenters. The molecular formula is C24H32N4O2. The lowest BCUT2D eigenvalue weighted by Crippen LogP contribution is -1.96. The summed E-state index contributed by atoms with van der Waals surface area (Å²) in [6.07, 6.45) is 6.30. The van der Waals surface area contributed by atoms with Crippen LogP contribution in [0.5, 0.6) is 11.6 Å². The molecule has 0 saturated heterocycles. The molecule has 1 N–H and O–H groups in total. The SMILES string of the molecule is CCCOCCC.CCc1[nH]c2nc(Oc3cncc(C#N)c3)c(C)c(C)c2c1C. The van der Waals surface area contributed by atoms with Gasteiger partial charge in [0, 0.05) is 42.1 Å². The quantitative estimate of drug-likeness (QED) is 0.490. The number of hydrogen-bond donors (Lipinski definition) is 1. The first kappa shape index (κ1) is 23.4. The molecule has 0 aliphatic rings. The zero-order valence-corrected chi connectivity index (χ0v) is 18.9. The number of rotatable bonds is 7. The van der Waals surface area contributed by atoms with Crippen LogP contribution in [0.1, 0.15) is 61.6 Å². The molecule has 3 rings (SSSR count). The highest BCUT2D eigenvalue weighted by molar-refractivity contribution is 5.86. The predicted octanol–water partition coefficient (Wildman–Crippen LogP) is 5.93. The molecule has 0 radical (unpaired) electrons. The van der Waals surface area contributed by atoms with Gasteiger partial charge in [-0.3, -0.25) is 4.98 Å². The smallest absolute Gasteiger partial charge is 0.224 e. The maximum atomic E-state index is 8.96. The standard InChI is InChI=1S/C18H18N4O.C6H14O/c1-5-15-12(4)16-10(2)11(3)18(22-17(16)21-15)23-14-6-13(7-19)8-20-9-14;1-3-5-7-6-4-2/h6,8-9H,5H2,1-4H3,(H,21,22);3-6H2,1-2H3. The van der Waals surface area contributed by atoms with Crippen molar-refractivity contribution in [2.24, 2.45) is 0 Å². The van der Waals surface area contributed by atoms with Gasteiger partial charge >= 0.3 is 0 Å². The van der Waals surface area contributed by atoms with Gasteiger partial charge in [-0.15, -0.1) is 0 Å². The number of H-pyrrole nitrogens is 1. The van der Waals surface area contributed by atoms with Crippen molar-refractivity contribution in [2.75, 3.05) is 13.2 Å². The number of ether oxygens (including phenoxy) is 2. The summed E-state index contributed by atoms with van der Waals surface area (Å²) in [5, 5.41) is 10.1. The molecule has 160 valence electrons. The summed E-state index contributed by atoms with van der Waals surface area (Å²) < 4.78 is 11.0. The number of nitrogens with one attached hydrogen (secondary N) is 1. The van der Waals surface area contributed by atoms with Crippen molar-refractivity contribution in [1.82, 2.24) is 15.0 Å². The van der Waals surface area contributed by atoms with Crippen molar-refractivity contribution in [2.45, 2.75) is 60.8 Å². The fourth-order valence-corrected chi connectivity index (χ4v) is 3.19. The zero-order valence-electron chi connectivity index (χ0n) is 18.9. The molecule has 0 saturated carbocycles. The number of aryl methyl sites for hydroxylation is 3. The Morgan fingerprint density at radius 3 is 2.30 bits per heavy atom. The van der Waals surface area contributed by atoms with Crippen molar-refractivity contribution >= 4 is 11.0 Å². The molecule has 0 aliphatic heterocycles. The first-order chi connectivity index (χ1) is 14.5. The molecule has 3 aromatic heterocycles. The van der Waals surface area contributed by atoms with Gasteiger partial charge in [-0.05, 0) is 51.2 Å². The van der Waals surface area contributed by atoms with E-state index in [9.17, 15) is 0 Å². The Labute approximate surface area is 179 Å². The van der Waals surface area contributed by atoms with Gasteiger partial charge in [0.1, 0.15) is 17.5 Å². The highest BCUT2D eigenvalue weighted by Gasteiger charge is 2.16. The van der Waals surface area contributed by atoms with Crippen LogP contribution < -0.4 is 4.74 Å². The maximum Gasteiger partial charge on any atom is 0.224 e. The number of hydrogen-bond acceptors (Lipinski definition) is 5. The summed E-state index contributed by atoms with van der Waals surface area (Å²) in [5.41, 5.74) is 5.88. The maximum absolute atomic E-state index is 8.96. The Morgan fingerprint density at radius 2 is 1.70 bits per heavy atom. The molecule has 0 aliphatic carbocycles. The third-order valence-electron chi connectivity index (χ3n) is 4.91. The van der Waals surface area contributed by atoms with E-state index in [1.807, 2.05) is 6.92 Å². The van der Waals surface area contributed by atoms with E-state index in [1.54, 1.807) is 12.3 Å². The van der Waals surface area contributed by atoms with E-state index in [1.165, 1.54) is 17.5 Å². The Bertz CT molecular complexity index is 1010. The average molecular weight is 409 g/mol. The number of nitriles is 1. The Morgan fingerprint density at radius 1 is 1.00 bits per heavy atom. The van der Waals surface area contributed by atoms with Crippen LogP contribution in [0.4, 0.5) is 0 Å². The lowest BCUT2D eigenvalue weighted by atomic mass is 10.0. The van der Waals surface area contributed by atoms with Gasteiger partial charge in [-0.25, -0.2) is 0 Å². The third-order valence-corrected chi connectivity index (χ3v) is 4.91. The summed E-state index contributed by atoms with van der Waals surface area (Å²) >= 11 is 0. The molecule has 6 nitrogen and oxygen atoms in total. The van der Waals surface area contributed by atoms with Crippen LogP contribution in [0.25, 0.3) is 11.0 Å². The minimum Gasteiger partial charge on any atom is -0.437 e. The zero-order chi connectivity index (χ0) is 22.1. The van der Waals surface area contributed by atoms with E-state index in [0.29, 0.717) is 17.2 Å². The van der Waals surface area contributed by atoms with Crippen molar-refractivity contribution in [3.8, 4) is 17.7 Å². The lowest BCUT2D eigenvalue weighted by molar-refractivity contribution is 0.135. The molecule has 3 heterocycles. The van der Waals surface area contributed by atoms with Crippen LogP contribution in [0.2, 0.25) is 0 Å². The van der Waals surface area contributed by atoms with Crippen LogP contribution in [0.3, 0.4) is 0 Å². The second kappa shape index (κ2) is 11.3. The third kappa shape index (κ3) is 5.58. The summed E-state index contributed by atoms with van der Waals surface area (Å²) in [6, 6.07) is 3.72. The van der Waals surface area contributed by atoms with Gasteiger partial charge in [-0.2, -0.15) is 10.2 Å². The molecule has 0 bridgehead atoms. The van der Waals surface area contributed by atoms with E-state index in [2.05, 4.69) is 55.6 Å². The molecular weight excluding hydrogens is 376 g/mol. The predicted molar refractivity (Wildman–Crippen MR) is 120 cm³/mol. The number of pyridine rings is 2. The molecule has 0 fully saturated rings. The number of aromatic nitrogens is 3. The summed E-state index contributed by atoms with van der Waals surface area (Å²) in [6.45, 7) is 14.4. The van der Waals surface area contributed by atoms with Crippen molar-refractivity contribution < 1.29 is 9.47 Å².